The van der Waals surface area contributed by atoms with E-state index in [1.54, 1.807) is 4.68 Å². The fourth-order valence-corrected chi connectivity index (χ4v) is 3.16. The maximum atomic E-state index is 12.4. The summed E-state index contributed by atoms with van der Waals surface area (Å²) < 4.78 is 7.43. The third kappa shape index (κ3) is 3.27. The van der Waals surface area contributed by atoms with Gasteiger partial charge >= 0.3 is 6.01 Å². The smallest absolute Gasteiger partial charge is 0.304 e. The average molecular weight is 380 g/mol. The predicted molar refractivity (Wildman–Crippen MR) is 111 cm³/mol. The number of hydrogen-bond acceptors (Lipinski definition) is 4. The fourth-order valence-electron chi connectivity index (χ4n) is 3.16. The molecule has 3 aromatic carbocycles. The molecule has 29 heavy (non-hydrogen) atoms. The molecule has 0 radical (unpaired) electrons. The van der Waals surface area contributed by atoms with Gasteiger partial charge in [-0.2, -0.15) is 10.1 Å². The standard InChI is InChI=1S/C23H16N4O2/c28-22-20-15-24-27(18-9-5-2-6-10-18)21(20)25-23(26-22)29-19-13-11-17(12-14-19)16-7-3-1-4-8-16/h1-15H,(H,25,26,28). The van der Waals surface area contributed by atoms with Gasteiger partial charge in [0.25, 0.3) is 5.56 Å². The molecule has 5 rings (SSSR count). The quantitative estimate of drug-likeness (QED) is 0.496. The first-order valence-corrected chi connectivity index (χ1v) is 9.15. The lowest BCUT2D eigenvalue weighted by Crippen LogP contribution is -2.10. The van der Waals surface area contributed by atoms with Gasteiger partial charge in [-0.1, -0.05) is 60.7 Å². The summed E-state index contributed by atoms with van der Waals surface area (Å²) in [6.45, 7) is 0. The van der Waals surface area contributed by atoms with Crippen LogP contribution in [0.25, 0.3) is 27.8 Å². The highest BCUT2D eigenvalue weighted by Gasteiger charge is 2.12. The van der Waals surface area contributed by atoms with E-state index in [4.69, 9.17) is 4.74 Å². The van der Waals surface area contributed by atoms with Crippen LogP contribution in [-0.4, -0.2) is 19.7 Å². The van der Waals surface area contributed by atoms with Crippen LogP contribution in [0.15, 0.2) is 95.9 Å². The number of nitrogens with one attached hydrogen (secondary N) is 1. The molecule has 0 saturated carbocycles. The van der Waals surface area contributed by atoms with Crippen LogP contribution in [0.5, 0.6) is 11.8 Å². The van der Waals surface area contributed by atoms with E-state index in [1.807, 2.05) is 84.9 Å². The van der Waals surface area contributed by atoms with Crippen molar-refractivity contribution in [1.82, 2.24) is 19.7 Å². The van der Waals surface area contributed by atoms with Crippen LogP contribution in [0.2, 0.25) is 0 Å². The molecule has 2 heterocycles. The van der Waals surface area contributed by atoms with E-state index in [0.717, 1.165) is 16.8 Å². The van der Waals surface area contributed by atoms with E-state index in [-0.39, 0.29) is 11.6 Å². The summed E-state index contributed by atoms with van der Waals surface area (Å²) >= 11 is 0. The topological polar surface area (TPSA) is 72.8 Å². The largest absolute Gasteiger partial charge is 0.426 e. The van der Waals surface area contributed by atoms with Gasteiger partial charge in [0.1, 0.15) is 11.1 Å². The highest BCUT2D eigenvalue weighted by atomic mass is 16.5. The summed E-state index contributed by atoms with van der Waals surface area (Å²) in [4.78, 5) is 19.6. The highest BCUT2D eigenvalue weighted by molar-refractivity contribution is 5.75. The number of hydrogen-bond donors (Lipinski definition) is 1. The first kappa shape index (κ1) is 16.9. The Kier molecular flexibility index (Phi) is 4.14. The van der Waals surface area contributed by atoms with E-state index in [0.29, 0.717) is 16.8 Å². The molecule has 0 amide bonds. The van der Waals surface area contributed by atoms with Gasteiger partial charge in [-0.25, -0.2) is 4.68 Å². The molecule has 6 heteroatoms. The zero-order chi connectivity index (χ0) is 19.6. The minimum atomic E-state index is -0.298. The minimum Gasteiger partial charge on any atom is -0.426 e. The number of para-hydroxylation sites is 1. The van der Waals surface area contributed by atoms with Gasteiger partial charge in [-0.15, -0.1) is 0 Å². The van der Waals surface area contributed by atoms with Crippen molar-refractivity contribution in [2.75, 3.05) is 0 Å². The molecule has 0 spiro atoms. The molecule has 0 bridgehead atoms. The van der Waals surface area contributed by atoms with Crippen molar-refractivity contribution in [3.05, 3.63) is 101 Å². The summed E-state index contributed by atoms with van der Waals surface area (Å²) in [7, 11) is 0. The number of fused-ring (bicyclic) bond motifs is 1. The van der Waals surface area contributed by atoms with Gasteiger partial charge in [0.05, 0.1) is 11.9 Å². The molecule has 140 valence electrons. The van der Waals surface area contributed by atoms with Crippen molar-refractivity contribution in [3.63, 3.8) is 0 Å². The lowest BCUT2D eigenvalue weighted by atomic mass is 10.1. The Balaban J connectivity index is 1.49. The molecule has 6 nitrogen and oxygen atoms in total. The SMILES string of the molecule is O=c1[nH]c(Oc2ccc(-c3ccccc3)cc2)nc2c1cnn2-c1ccccc1. The summed E-state index contributed by atoms with van der Waals surface area (Å²) in [5.41, 5.74) is 3.17. The van der Waals surface area contributed by atoms with Gasteiger partial charge in [-0.05, 0) is 35.4 Å². The van der Waals surface area contributed by atoms with Crippen molar-refractivity contribution >= 4 is 11.0 Å². The predicted octanol–water partition coefficient (Wildman–Crippen LogP) is 4.57. The van der Waals surface area contributed by atoms with Gasteiger partial charge in [-0.3, -0.25) is 9.78 Å². The Labute approximate surface area is 166 Å². The van der Waals surface area contributed by atoms with Crippen LogP contribution >= 0.6 is 0 Å². The van der Waals surface area contributed by atoms with Gasteiger partial charge in [0.2, 0.25) is 0 Å². The molecule has 2 aromatic heterocycles. The lowest BCUT2D eigenvalue weighted by Gasteiger charge is -2.07. The summed E-state index contributed by atoms with van der Waals surface area (Å²) in [5.74, 6) is 0.581. The summed E-state index contributed by atoms with van der Waals surface area (Å²) in [5, 5.41) is 4.70. The van der Waals surface area contributed by atoms with Crippen molar-refractivity contribution in [1.29, 1.82) is 0 Å². The van der Waals surface area contributed by atoms with E-state index >= 15 is 0 Å². The molecule has 0 unspecified atom stereocenters. The molecule has 0 atom stereocenters. The number of H-pyrrole nitrogens is 1. The van der Waals surface area contributed by atoms with E-state index < -0.39 is 0 Å². The number of aromatic amines is 1. The van der Waals surface area contributed by atoms with E-state index in [1.165, 1.54) is 6.20 Å². The van der Waals surface area contributed by atoms with Crippen LogP contribution in [0, 0.1) is 0 Å². The van der Waals surface area contributed by atoms with E-state index in [2.05, 4.69) is 15.1 Å². The van der Waals surface area contributed by atoms with Crippen LogP contribution in [0.1, 0.15) is 0 Å². The third-order valence-corrected chi connectivity index (χ3v) is 4.59. The molecule has 0 aliphatic rings. The third-order valence-electron chi connectivity index (χ3n) is 4.59. The molecule has 0 aliphatic carbocycles. The summed E-state index contributed by atoms with van der Waals surface area (Å²) in [6, 6.07) is 27.4. The monoisotopic (exact) mass is 380 g/mol. The van der Waals surface area contributed by atoms with Crippen LogP contribution in [-0.2, 0) is 0 Å². The second-order valence-electron chi connectivity index (χ2n) is 6.49. The maximum absolute atomic E-state index is 12.4. The first-order chi connectivity index (χ1) is 14.3. The van der Waals surface area contributed by atoms with Gasteiger partial charge in [0, 0.05) is 0 Å². The normalized spacial score (nSPS) is 10.9. The van der Waals surface area contributed by atoms with Crippen molar-refractivity contribution < 1.29 is 4.74 Å². The molecular formula is C23H16N4O2. The molecule has 1 N–H and O–H groups in total. The van der Waals surface area contributed by atoms with Gasteiger partial charge < -0.3 is 4.74 Å². The number of nitrogens with zero attached hydrogens (tertiary/aromatic N) is 3. The Morgan fingerprint density at radius 2 is 1.45 bits per heavy atom. The molecule has 0 aliphatic heterocycles. The van der Waals surface area contributed by atoms with Crippen LogP contribution < -0.4 is 10.3 Å². The number of ether oxygens (including phenoxy) is 1. The summed E-state index contributed by atoms with van der Waals surface area (Å²) in [6.07, 6.45) is 1.51. The molecular weight excluding hydrogens is 364 g/mol. The number of rotatable bonds is 4. The van der Waals surface area contributed by atoms with Gasteiger partial charge in [0.15, 0.2) is 5.65 Å². The average Bonchev–Trinajstić information content (AvgIpc) is 3.20. The van der Waals surface area contributed by atoms with Crippen molar-refractivity contribution in [2.45, 2.75) is 0 Å². The highest BCUT2D eigenvalue weighted by Crippen LogP contribution is 2.24. The molecule has 0 saturated heterocycles. The second kappa shape index (κ2) is 7.09. The van der Waals surface area contributed by atoms with E-state index in [9.17, 15) is 4.79 Å². The molecule has 5 aromatic rings. The Morgan fingerprint density at radius 3 is 2.17 bits per heavy atom. The maximum Gasteiger partial charge on any atom is 0.304 e. The fraction of sp³-hybridized carbons (Fsp3) is 0. The lowest BCUT2D eigenvalue weighted by molar-refractivity contribution is 0.442. The molecule has 0 fully saturated rings. The zero-order valence-corrected chi connectivity index (χ0v) is 15.3. The van der Waals surface area contributed by atoms with Crippen LogP contribution in [0.3, 0.4) is 0 Å². The van der Waals surface area contributed by atoms with Crippen molar-refractivity contribution in [2.24, 2.45) is 0 Å². The Hall–Kier alpha value is -4.19. The first-order valence-electron chi connectivity index (χ1n) is 9.15. The van der Waals surface area contributed by atoms with Crippen LogP contribution in [0.4, 0.5) is 0 Å². The Bertz CT molecular complexity index is 1320. The zero-order valence-electron chi connectivity index (χ0n) is 15.3. The number of aromatic nitrogens is 4. The Morgan fingerprint density at radius 1 is 0.793 bits per heavy atom. The minimum absolute atomic E-state index is 0.118. The number of benzene rings is 3. The second-order valence-corrected chi connectivity index (χ2v) is 6.49. The van der Waals surface area contributed by atoms with Crippen molar-refractivity contribution in [3.8, 4) is 28.6 Å².